The van der Waals surface area contributed by atoms with Gasteiger partial charge in [-0.25, -0.2) is 10.2 Å². The zero-order valence-corrected chi connectivity index (χ0v) is 19.7. The maximum absolute atomic E-state index is 12.4. The topological polar surface area (TPSA) is 77.0 Å². The van der Waals surface area contributed by atoms with E-state index in [-0.39, 0.29) is 0 Å². The number of esters is 1. The van der Waals surface area contributed by atoms with Crippen molar-refractivity contribution in [1.82, 2.24) is 5.43 Å². The average molecular weight is 506 g/mol. The number of carbonyl (C=O) groups is 2. The summed E-state index contributed by atoms with van der Waals surface area (Å²) in [5.74, 6) is -0.222. The lowest BCUT2D eigenvalue weighted by Gasteiger charge is -2.16. The quantitative estimate of drug-likeness (QED) is 0.172. The molecule has 9 heteroatoms. The maximum Gasteiger partial charge on any atom is 0.343 e. The highest BCUT2D eigenvalue weighted by Gasteiger charge is 2.19. The Morgan fingerprint density at radius 1 is 1.00 bits per heavy atom. The van der Waals surface area contributed by atoms with Gasteiger partial charge in [-0.2, -0.15) is 5.10 Å². The van der Waals surface area contributed by atoms with Gasteiger partial charge >= 0.3 is 5.97 Å². The third kappa shape index (κ3) is 7.22. The first-order chi connectivity index (χ1) is 15.9. The summed E-state index contributed by atoms with van der Waals surface area (Å²) in [7, 11) is 0. The number of amides is 1. The zero-order chi connectivity index (χ0) is 23.8. The fraction of sp³-hybridized carbons (Fsp3) is 0.125. The molecule has 0 radical (unpaired) electrons. The van der Waals surface area contributed by atoms with Gasteiger partial charge in [0.25, 0.3) is 5.91 Å². The summed E-state index contributed by atoms with van der Waals surface area (Å²) in [5.41, 5.74) is 3.48. The summed E-state index contributed by atoms with van der Waals surface area (Å²) >= 11 is 17.9. The molecular formula is C24H19Cl3N2O4. The SMILES string of the molecule is CC[C@@H](Oc1ccc(Cl)cc1Cl)C(=O)N/N=C\c1ccc(OC(=O)c2cccc(Cl)c2)cc1. The van der Waals surface area contributed by atoms with Crippen molar-refractivity contribution in [2.45, 2.75) is 19.4 Å². The summed E-state index contributed by atoms with van der Waals surface area (Å²) in [5, 5.41) is 5.19. The van der Waals surface area contributed by atoms with Crippen LogP contribution in [0.1, 0.15) is 29.3 Å². The first-order valence-corrected chi connectivity index (χ1v) is 11.0. The third-order valence-electron chi connectivity index (χ3n) is 4.37. The standard InChI is InChI=1S/C24H19Cl3N2O4/c1-2-21(33-22-11-8-18(26)13-20(22)27)23(30)29-28-14-15-6-9-19(10-7-15)32-24(31)16-4-3-5-17(25)12-16/h3-14,21H,2H2,1H3,(H,29,30)/b28-14-/t21-/m1/s1. The Bertz CT molecular complexity index is 1170. The highest BCUT2D eigenvalue weighted by Crippen LogP contribution is 2.28. The van der Waals surface area contributed by atoms with E-state index >= 15 is 0 Å². The van der Waals surface area contributed by atoms with Gasteiger partial charge in [0.05, 0.1) is 16.8 Å². The molecule has 0 saturated heterocycles. The van der Waals surface area contributed by atoms with Gasteiger partial charge in [-0.05, 0) is 72.6 Å². The molecule has 33 heavy (non-hydrogen) atoms. The average Bonchev–Trinajstić information content (AvgIpc) is 2.79. The van der Waals surface area contributed by atoms with Gasteiger partial charge in [0.2, 0.25) is 0 Å². The van der Waals surface area contributed by atoms with Crippen molar-refractivity contribution in [3.8, 4) is 11.5 Å². The van der Waals surface area contributed by atoms with E-state index in [0.29, 0.717) is 44.1 Å². The van der Waals surface area contributed by atoms with E-state index in [9.17, 15) is 9.59 Å². The van der Waals surface area contributed by atoms with Crippen LogP contribution in [-0.4, -0.2) is 24.2 Å². The van der Waals surface area contributed by atoms with Crippen molar-refractivity contribution in [3.05, 3.63) is 92.9 Å². The molecule has 3 aromatic rings. The Hall–Kier alpha value is -3.06. The summed E-state index contributed by atoms with van der Waals surface area (Å²) < 4.78 is 11.0. The number of nitrogens with one attached hydrogen (secondary N) is 1. The summed E-state index contributed by atoms with van der Waals surface area (Å²) in [4.78, 5) is 24.6. The van der Waals surface area contributed by atoms with Gasteiger partial charge < -0.3 is 9.47 Å². The van der Waals surface area contributed by atoms with Gasteiger partial charge in [0.15, 0.2) is 6.10 Å². The van der Waals surface area contributed by atoms with Gasteiger partial charge in [0.1, 0.15) is 11.5 Å². The molecule has 0 aliphatic carbocycles. The van der Waals surface area contributed by atoms with Crippen LogP contribution < -0.4 is 14.9 Å². The molecule has 1 amide bonds. The van der Waals surface area contributed by atoms with E-state index in [1.165, 1.54) is 18.3 Å². The number of carbonyl (C=O) groups excluding carboxylic acids is 2. The Kier molecular flexibility index (Phi) is 8.72. The number of hydrogen-bond donors (Lipinski definition) is 1. The molecular weight excluding hydrogens is 487 g/mol. The molecule has 0 heterocycles. The minimum atomic E-state index is -0.783. The molecule has 0 unspecified atom stereocenters. The third-order valence-corrected chi connectivity index (χ3v) is 5.13. The summed E-state index contributed by atoms with van der Waals surface area (Å²) in [6.45, 7) is 1.81. The van der Waals surface area contributed by atoms with Crippen molar-refractivity contribution < 1.29 is 19.1 Å². The number of hydrogen-bond acceptors (Lipinski definition) is 5. The molecule has 3 rings (SSSR count). The number of hydrazone groups is 1. The van der Waals surface area contributed by atoms with Crippen molar-refractivity contribution in [2.24, 2.45) is 5.10 Å². The van der Waals surface area contributed by atoms with Gasteiger partial charge in [0, 0.05) is 10.0 Å². The lowest BCUT2D eigenvalue weighted by molar-refractivity contribution is -0.128. The van der Waals surface area contributed by atoms with E-state index in [1.807, 2.05) is 0 Å². The summed E-state index contributed by atoms with van der Waals surface area (Å²) in [6.07, 6.45) is 1.09. The normalized spacial score (nSPS) is 11.8. The molecule has 1 atom stereocenters. The second-order valence-corrected chi connectivity index (χ2v) is 8.07. The molecule has 0 saturated carbocycles. The smallest absolute Gasteiger partial charge is 0.343 e. The van der Waals surface area contributed by atoms with Crippen LogP contribution in [0.2, 0.25) is 15.1 Å². The lowest BCUT2D eigenvalue weighted by Crippen LogP contribution is -2.35. The van der Waals surface area contributed by atoms with Gasteiger partial charge in [-0.3, -0.25) is 4.79 Å². The van der Waals surface area contributed by atoms with E-state index in [2.05, 4.69) is 10.5 Å². The predicted molar refractivity (Wildman–Crippen MR) is 130 cm³/mol. The second kappa shape index (κ2) is 11.7. The van der Waals surface area contributed by atoms with Gasteiger partial charge in [-0.1, -0.05) is 47.8 Å². The fourth-order valence-corrected chi connectivity index (χ4v) is 3.34. The van der Waals surface area contributed by atoms with Crippen LogP contribution in [0.15, 0.2) is 71.8 Å². The van der Waals surface area contributed by atoms with Crippen molar-refractivity contribution in [3.63, 3.8) is 0 Å². The largest absolute Gasteiger partial charge is 0.479 e. The van der Waals surface area contributed by atoms with E-state index in [4.69, 9.17) is 44.3 Å². The molecule has 3 aromatic carbocycles. The molecule has 1 N–H and O–H groups in total. The van der Waals surface area contributed by atoms with Crippen molar-refractivity contribution in [2.75, 3.05) is 0 Å². The van der Waals surface area contributed by atoms with Crippen LogP contribution in [0.3, 0.4) is 0 Å². The molecule has 0 aliphatic heterocycles. The molecule has 0 fully saturated rings. The monoisotopic (exact) mass is 504 g/mol. The highest BCUT2D eigenvalue weighted by molar-refractivity contribution is 6.35. The van der Waals surface area contributed by atoms with Crippen LogP contribution in [0.5, 0.6) is 11.5 Å². The predicted octanol–water partition coefficient (Wildman–Crippen LogP) is 6.17. The van der Waals surface area contributed by atoms with Gasteiger partial charge in [-0.15, -0.1) is 0 Å². The number of halogens is 3. The van der Waals surface area contributed by atoms with Crippen molar-refractivity contribution >= 4 is 52.9 Å². The Labute approximate surface area is 206 Å². The maximum atomic E-state index is 12.4. The minimum Gasteiger partial charge on any atom is -0.479 e. The van der Waals surface area contributed by atoms with Crippen LogP contribution in [-0.2, 0) is 4.79 Å². The first kappa shape index (κ1) is 24.6. The van der Waals surface area contributed by atoms with Crippen LogP contribution in [0, 0.1) is 0 Å². The van der Waals surface area contributed by atoms with Crippen molar-refractivity contribution in [1.29, 1.82) is 0 Å². The number of rotatable bonds is 8. The van der Waals surface area contributed by atoms with E-state index < -0.39 is 18.0 Å². The van der Waals surface area contributed by atoms with E-state index in [1.54, 1.807) is 61.5 Å². The molecule has 0 aromatic heterocycles. The Balaban J connectivity index is 1.54. The zero-order valence-electron chi connectivity index (χ0n) is 17.4. The van der Waals surface area contributed by atoms with Crippen LogP contribution in [0.4, 0.5) is 0 Å². The first-order valence-electron chi connectivity index (χ1n) is 9.88. The molecule has 0 aliphatic rings. The molecule has 170 valence electrons. The minimum absolute atomic E-state index is 0.313. The highest BCUT2D eigenvalue weighted by atomic mass is 35.5. The Morgan fingerprint density at radius 3 is 2.39 bits per heavy atom. The van der Waals surface area contributed by atoms with Crippen LogP contribution in [0.25, 0.3) is 0 Å². The fourth-order valence-electron chi connectivity index (χ4n) is 2.69. The number of benzene rings is 3. The molecule has 6 nitrogen and oxygen atoms in total. The summed E-state index contributed by atoms with van der Waals surface area (Å²) in [6, 6.07) is 17.9. The molecule has 0 spiro atoms. The molecule has 0 bridgehead atoms. The number of ether oxygens (including phenoxy) is 2. The van der Waals surface area contributed by atoms with E-state index in [0.717, 1.165) is 0 Å². The lowest BCUT2D eigenvalue weighted by atomic mass is 10.2. The Morgan fingerprint density at radius 2 is 1.73 bits per heavy atom. The number of nitrogens with zero attached hydrogens (tertiary/aromatic N) is 1. The second-order valence-electron chi connectivity index (χ2n) is 6.79. The van der Waals surface area contributed by atoms with Crippen LogP contribution >= 0.6 is 34.8 Å².